The van der Waals surface area contributed by atoms with E-state index in [0.29, 0.717) is 17.8 Å². The Labute approximate surface area is 119 Å². The average Bonchev–Trinajstić information content (AvgIpc) is 2.93. The lowest BCUT2D eigenvalue weighted by Gasteiger charge is -2.32. The Morgan fingerprint density at radius 1 is 1.47 bits per heavy atom. The monoisotopic (exact) mass is 284 g/mol. The zero-order chi connectivity index (χ0) is 13.5. The van der Waals surface area contributed by atoms with Crippen molar-refractivity contribution in [2.24, 2.45) is 0 Å². The van der Waals surface area contributed by atoms with Crippen LogP contribution in [0.25, 0.3) is 0 Å². The standard InChI is InChI=1S/C13H24N4OS/c1-19-8-4-7-14-12-5-2-3-6-13(12)17-9-11(10-18)15-16-17/h9,12-14,18H,2-8,10H2,1H3/t12-,13+/m0/s1. The van der Waals surface area contributed by atoms with Crippen LogP contribution in [0.4, 0.5) is 0 Å². The third-order valence-electron chi connectivity index (χ3n) is 3.72. The molecule has 1 aromatic rings. The quantitative estimate of drug-likeness (QED) is 0.745. The summed E-state index contributed by atoms with van der Waals surface area (Å²) in [4.78, 5) is 0. The zero-order valence-corrected chi connectivity index (χ0v) is 12.4. The second-order valence-corrected chi connectivity index (χ2v) is 6.09. The fourth-order valence-electron chi connectivity index (χ4n) is 2.72. The molecule has 1 saturated carbocycles. The molecule has 0 saturated heterocycles. The van der Waals surface area contributed by atoms with Crippen LogP contribution in [0.5, 0.6) is 0 Å². The van der Waals surface area contributed by atoms with Gasteiger partial charge in [0.15, 0.2) is 0 Å². The highest BCUT2D eigenvalue weighted by atomic mass is 32.2. The van der Waals surface area contributed by atoms with Crippen molar-refractivity contribution in [2.45, 2.75) is 50.8 Å². The maximum Gasteiger partial charge on any atom is 0.108 e. The molecule has 2 rings (SSSR count). The van der Waals surface area contributed by atoms with Crippen molar-refractivity contribution in [1.29, 1.82) is 0 Å². The number of nitrogens with one attached hydrogen (secondary N) is 1. The van der Waals surface area contributed by atoms with Crippen molar-refractivity contribution in [2.75, 3.05) is 18.6 Å². The summed E-state index contributed by atoms with van der Waals surface area (Å²) >= 11 is 1.90. The van der Waals surface area contributed by atoms with E-state index in [1.54, 1.807) is 0 Å². The molecule has 1 heterocycles. The molecule has 0 bridgehead atoms. The second-order valence-electron chi connectivity index (χ2n) is 5.11. The summed E-state index contributed by atoms with van der Waals surface area (Å²) in [5.41, 5.74) is 0.659. The molecular formula is C13H24N4OS. The summed E-state index contributed by atoms with van der Waals surface area (Å²) < 4.78 is 1.94. The number of thioether (sulfide) groups is 1. The Morgan fingerprint density at radius 3 is 3.05 bits per heavy atom. The van der Waals surface area contributed by atoms with E-state index in [1.165, 1.54) is 31.4 Å². The van der Waals surface area contributed by atoms with Gasteiger partial charge >= 0.3 is 0 Å². The first-order chi connectivity index (χ1) is 9.35. The van der Waals surface area contributed by atoms with Crippen LogP contribution in [-0.2, 0) is 6.61 Å². The molecular weight excluding hydrogens is 260 g/mol. The van der Waals surface area contributed by atoms with Crippen molar-refractivity contribution in [1.82, 2.24) is 20.3 Å². The molecule has 2 atom stereocenters. The van der Waals surface area contributed by atoms with Crippen LogP contribution in [0, 0.1) is 0 Å². The molecule has 0 spiro atoms. The van der Waals surface area contributed by atoms with Crippen LogP contribution in [0.3, 0.4) is 0 Å². The van der Waals surface area contributed by atoms with Gasteiger partial charge in [0, 0.05) is 6.04 Å². The first-order valence-electron chi connectivity index (χ1n) is 7.09. The van der Waals surface area contributed by atoms with Gasteiger partial charge in [-0.1, -0.05) is 18.1 Å². The van der Waals surface area contributed by atoms with Gasteiger partial charge in [0.25, 0.3) is 0 Å². The molecule has 0 amide bonds. The molecule has 1 aliphatic carbocycles. The second kappa shape index (κ2) is 7.87. The van der Waals surface area contributed by atoms with Gasteiger partial charge in [-0.25, -0.2) is 4.68 Å². The lowest BCUT2D eigenvalue weighted by atomic mass is 9.90. The Morgan fingerprint density at radius 2 is 2.32 bits per heavy atom. The fourth-order valence-corrected chi connectivity index (χ4v) is 3.15. The Hall–Kier alpha value is -0.590. The maximum atomic E-state index is 9.08. The summed E-state index contributed by atoms with van der Waals surface area (Å²) in [5, 5.41) is 20.9. The van der Waals surface area contributed by atoms with Crippen LogP contribution in [-0.4, -0.2) is 44.7 Å². The van der Waals surface area contributed by atoms with E-state index in [1.807, 2.05) is 22.6 Å². The largest absolute Gasteiger partial charge is 0.390 e. The van der Waals surface area contributed by atoms with Gasteiger partial charge in [-0.05, 0) is 37.8 Å². The predicted octanol–water partition coefficient (Wildman–Crippen LogP) is 1.60. The number of aliphatic hydroxyl groups excluding tert-OH is 1. The first kappa shape index (κ1) is 14.8. The van der Waals surface area contributed by atoms with E-state index in [4.69, 9.17) is 5.11 Å². The third-order valence-corrected chi connectivity index (χ3v) is 4.42. The Bertz CT molecular complexity index is 371. The smallest absolute Gasteiger partial charge is 0.108 e. The molecule has 1 aromatic heterocycles. The number of nitrogens with zero attached hydrogens (tertiary/aromatic N) is 3. The molecule has 19 heavy (non-hydrogen) atoms. The van der Waals surface area contributed by atoms with E-state index in [9.17, 15) is 0 Å². The third kappa shape index (κ3) is 4.19. The SMILES string of the molecule is CSCCCN[C@H]1CCCC[C@H]1n1cc(CO)nn1. The van der Waals surface area contributed by atoms with Crippen molar-refractivity contribution in [3.05, 3.63) is 11.9 Å². The van der Waals surface area contributed by atoms with Gasteiger partial charge in [0.2, 0.25) is 0 Å². The van der Waals surface area contributed by atoms with Gasteiger partial charge in [0.1, 0.15) is 5.69 Å². The van der Waals surface area contributed by atoms with Crippen molar-refractivity contribution < 1.29 is 5.11 Å². The van der Waals surface area contributed by atoms with Crippen LogP contribution >= 0.6 is 11.8 Å². The topological polar surface area (TPSA) is 63.0 Å². The molecule has 0 aromatic carbocycles. The van der Waals surface area contributed by atoms with Crippen LogP contribution in [0.2, 0.25) is 0 Å². The molecule has 1 fully saturated rings. The fraction of sp³-hybridized carbons (Fsp3) is 0.846. The van der Waals surface area contributed by atoms with Gasteiger partial charge in [-0.3, -0.25) is 0 Å². The molecule has 108 valence electrons. The molecule has 1 aliphatic rings. The highest BCUT2D eigenvalue weighted by Crippen LogP contribution is 2.28. The normalized spacial score (nSPS) is 23.7. The number of hydrogen-bond acceptors (Lipinski definition) is 5. The summed E-state index contributed by atoms with van der Waals surface area (Å²) in [6.07, 6.45) is 10.1. The van der Waals surface area contributed by atoms with Crippen molar-refractivity contribution >= 4 is 11.8 Å². The van der Waals surface area contributed by atoms with Crippen molar-refractivity contribution in [3.8, 4) is 0 Å². The van der Waals surface area contributed by atoms with Crippen LogP contribution < -0.4 is 5.32 Å². The van der Waals surface area contributed by atoms with E-state index >= 15 is 0 Å². The minimum Gasteiger partial charge on any atom is -0.390 e. The summed E-state index contributed by atoms with van der Waals surface area (Å²) in [7, 11) is 0. The summed E-state index contributed by atoms with van der Waals surface area (Å²) in [6, 6.07) is 0.875. The number of aromatic nitrogens is 3. The van der Waals surface area contributed by atoms with E-state index in [2.05, 4.69) is 21.9 Å². The van der Waals surface area contributed by atoms with Crippen LogP contribution in [0.15, 0.2) is 6.20 Å². The molecule has 2 N–H and O–H groups in total. The summed E-state index contributed by atoms with van der Waals surface area (Å²) in [6.45, 7) is 1.04. The van der Waals surface area contributed by atoms with E-state index < -0.39 is 0 Å². The molecule has 5 nitrogen and oxygen atoms in total. The average molecular weight is 284 g/mol. The Kier molecular flexibility index (Phi) is 6.13. The maximum absolute atomic E-state index is 9.08. The van der Waals surface area contributed by atoms with Crippen molar-refractivity contribution in [3.63, 3.8) is 0 Å². The van der Waals surface area contributed by atoms with Gasteiger partial charge in [-0.15, -0.1) is 5.10 Å². The number of hydrogen-bond donors (Lipinski definition) is 2. The molecule has 0 radical (unpaired) electrons. The lowest BCUT2D eigenvalue weighted by Crippen LogP contribution is -2.40. The predicted molar refractivity (Wildman–Crippen MR) is 78.2 cm³/mol. The van der Waals surface area contributed by atoms with Crippen LogP contribution in [0.1, 0.15) is 43.8 Å². The number of rotatable bonds is 7. The van der Waals surface area contributed by atoms with E-state index in [-0.39, 0.29) is 6.61 Å². The Balaban J connectivity index is 1.91. The zero-order valence-electron chi connectivity index (χ0n) is 11.6. The van der Waals surface area contributed by atoms with Gasteiger partial charge in [0.05, 0.1) is 18.8 Å². The van der Waals surface area contributed by atoms with Gasteiger partial charge in [-0.2, -0.15) is 11.8 Å². The number of aliphatic hydroxyl groups is 1. The minimum atomic E-state index is -0.0292. The molecule has 0 aliphatic heterocycles. The lowest BCUT2D eigenvalue weighted by molar-refractivity contribution is 0.244. The van der Waals surface area contributed by atoms with E-state index in [0.717, 1.165) is 13.0 Å². The minimum absolute atomic E-state index is 0.0292. The molecule has 6 heteroatoms. The highest BCUT2D eigenvalue weighted by Gasteiger charge is 2.26. The highest BCUT2D eigenvalue weighted by molar-refractivity contribution is 7.98. The summed E-state index contributed by atoms with van der Waals surface area (Å²) in [5.74, 6) is 1.21. The molecule has 0 unspecified atom stereocenters. The van der Waals surface area contributed by atoms with Gasteiger partial charge < -0.3 is 10.4 Å². The first-order valence-corrected chi connectivity index (χ1v) is 8.48.